The number of rotatable bonds is 6. The zero-order valence-corrected chi connectivity index (χ0v) is 16.0. The monoisotopic (exact) mass is 414 g/mol. The molecule has 7 nitrogen and oxygen atoms in total. The third-order valence-corrected chi connectivity index (χ3v) is 4.01. The average Bonchev–Trinajstić information content (AvgIpc) is 2.62. The number of aromatic nitrogens is 3. The standard InChI is InChI=1S/C18H19BrN6O/c1-11(2)13-9-21-16(19)8-14(13)26-15-10-22-18(20)23-17(15)25-24-12-6-4-3-5-7-12/h3-11,24H,1-2H3,(H3,20,22,23,25). The van der Waals surface area contributed by atoms with Gasteiger partial charge in [-0.05, 0) is 34.0 Å². The van der Waals surface area contributed by atoms with Gasteiger partial charge in [-0.2, -0.15) is 4.98 Å². The van der Waals surface area contributed by atoms with Crippen molar-refractivity contribution in [3.05, 3.63) is 59.0 Å². The molecule has 2 aromatic heterocycles. The largest absolute Gasteiger partial charge is 0.451 e. The van der Waals surface area contributed by atoms with Crippen molar-refractivity contribution in [2.75, 3.05) is 16.6 Å². The minimum Gasteiger partial charge on any atom is -0.451 e. The van der Waals surface area contributed by atoms with Gasteiger partial charge in [0.1, 0.15) is 10.4 Å². The molecule has 8 heteroatoms. The molecule has 0 spiro atoms. The van der Waals surface area contributed by atoms with Gasteiger partial charge in [0.25, 0.3) is 0 Å². The number of nitrogen functional groups attached to an aromatic ring is 1. The van der Waals surface area contributed by atoms with Gasteiger partial charge in [0.15, 0.2) is 11.6 Å². The molecule has 0 fully saturated rings. The lowest BCUT2D eigenvalue weighted by Gasteiger charge is -2.16. The second-order valence-electron chi connectivity index (χ2n) is 5.86. The number of pyridine rings is 1. The number of anilines is 3. The summed E-state index contributed by atoms with van der Waals surface area (Å²) in [6, 6.07) is 11.5. The molecule has 1 aromatic carbocycles. The summed E-state index contributed by atoms with van der Waals surface area (Å²) in [6.45, 7) is 4.15. The summed E-state index contributed by atoms with van der Waals surface area (Å²) in [5.74, 6) is 1.96. The lowest BCUT2D eigenvalue weighted by atomic mass is 10.1. The summed E-state index contributed by atoms with van der Waals surface area (Å²) >= 11 is 3.38. The first-order valence-electron chi connectivity index (χ1n) is 8.06. The Bertz CT molecular complexity index is 888. The van der Waals surface area contributed by atoms with Crippen molar-refractivity contribution >= 4 is 33.4 Å². The van der Waals surface area contributed by atoms with Crippen LogP contribution in [0.4, 0.5) is 17.5 Å². The number of nitrogens with one attached hydrogen (secondary N) is 2. The summed E-state index contributed by atoms with van der Waals surface area (Å²) in [5, 5.41) is 0. The van der Waals surface area contributed by atoms with Gasteiger partial charge in [0.05, 0.1) is 11.9 Å². The Morgan fingerprint density at radius 1 is 1.04 bits per heavy atom. The number of ether oxygens (including phenoxy) is 1. The fourth-order valence-electron chi connectivity index (χ4n) is 2.27. The molecule has 0 aliphatic rings. The number of benzene rings is 1. The van der Waals surface area contributed by atoms with E-state index in [2.05, 4.69) is 55.6 Å². The van der Waals surface area contributed by atoms with Crippen LogP contribution in [0, 0.1) is 0 Å². The highest BCUT2D eigenvalue weighted by molar-refractivity contribution is 9.10. The van der Waals surface area contributed by atoms with Gasteiger partial charge in [-0.3, -0.25) is 10.9 Å². The molecule has 0 aliphatic carbocycles. The first-order chi connectivity index (χ1) is 12.5. The smallest absolute Gasteiger partial charge is 0.222 e. The number of hydrazine groups is 1. The first-order valence-corrected chi connectivity index (χ1v) is 8.85. The van der Waals surface area contributed by atoms with Crippen LogP contribution in [0.3, 0.4) is 0 Å². The Morgan fingerprint density at radius 2 is 1.81 bits per heavy atom. The van der Waals surface area contributed by atoms with Crippen LogP contribution in [0.5, 0.6) is 11.5 Å². The zero-order valence-electron chi connectivity index (χ0n) is 14.4. The molecule has 3 aromatic rings. The third kappa shape index (κ3) is 4.40. The van der Waals surface area contributed by atoms with E-state index in [1.54, 1.807) is 6.20 Å². The summed E-state index contributed by atoms with van der Waals surface area (Å²) in [4.78, 5) is 12.5. The molecule has 0 saturated carbocycles. The molecule has 2 heterocycles. The van der Waals surface area contributed by atoms with E-state index < -0.39 is 0 Å². The maximum Gasteiger partial charge on any atom is 0.222 e. The zero-order chi connectivity index (χ0) is 18.5. The van der Waals surface area contributed by atoms with E-state index in [9.17, 15) is 0 Å². The van der Waals surface area contributed by atoms with Crippen LogP contribution in [0.2, 0.25) is 0 Å². The third-order valence-electron chi connectivity index (χ3n) is 3.58. The molecule has 0 aliphatic heterocycles. The number of nitrogens with zero attached hydrogens (tertiary/aromatic N) is 3. The van der Waals surface area contributed by atoms with Crippen molar-refractivity contribution in [1.29, 1.82) is 0 Å². The minimum atomic E-state index is 0.148. The predicted octanol–water partition coefficient (Wildman–Crippen LogP) is 4.57. The first kappa shape index (κ1) is 17.9. The van der Waals surface area contributed by atoms with Gasteiger partial charge in [0.2, 0.25) is 5.95 Å². The number of hydrogen-bond acceptors (Lipinski definition) is 7. The Kier molecular flexibility index (Phi) is 5.52. The van der Waals surface area contributed by atoms with E-state index in [1.165, 1.54) is 6.20 Å². The van der Waals surface area contributed by atoms with Crippen LogP contribution in [0.1, 0.15) is 25.3 Å². The van der Waals surface area contributed by atoms with Crippen molar-refractivity contribution in [2.45, 2.75) is 19.8 Å². The number of para-hydroxylation sites is 1. The molecule has 0 atom stereocenters. The Hall–Kier alpha value is -2.87. The maximum atomic E-state index is 6.07. The summed E-state index contributed by atoms with van der Waals surface area (Å²) in [5.41, 5.74) is 13.7. The lowest BCUT2D eigenvalue weighted by molar-refractivity contribution is 0.469. The van der Waals surface area contributed by atoms with Crippen LogP contribution < -0.4 is 21.3 Å². The second kappa shape index (κ2) is 8.01. The average molecular weight is 415 g/mol. The van der Waals surface area contributed by atoms with Gasteiger partial charge in [-0.15, -0.1) is 0 Å². The number of halogens is 1. The van der Waals surface area contributed by atoms with E-state index in [0.717, 1.165) is 11.3 Å². The highest BCUT2D eigenvalue weighted by Crippen LogP contribution is 2.34. The summed E-state index contributed by atoms with van der Waals surface area (Å²) < 4.78 is 6.76. The molecule has 0 amide bonds. The fraction of sp³-hybridized carbons (Fsp3) is 0.167. The lowest BCUT2D eigenvalue weighted by Crippen LogP contribution is -2.12. The predicted molar refractivity (Wildman–Crippen MR) is 106 cm³/mol. The van der Waals surface area contributed by atoms with Gasteiger partial charge in [0, 0.05) is 17.8 Å². The molecular weight excluding hydrogens is 396 g/mol. The van der Waals surface area contributed by atoms with Gasteiger partial charge in [-0.1, -0.05) is 32.0 Å². The van der Waals surface area contributed by atoms with Gasteiger partial charge in [-0.25, -0.2) is 9.97 Å². The second-order valence-corrected chi connectivity index (χ2v) is 6.67. The van der Waals surface area contributed by atoms with Crippen molar-refractivity contribution < 1.29 is 4.74 Å². The van der Waals surface area contributed by atoms with Crippen molar-refractivity contribution in [1.82, 2.24) is 15.0 Å². The molecule has 134 valence electrons. The maximum absolute atomic E-state index is 6.07. The molecule has 4 N–H and O–H groups in total. The SMILES string of the molecule is CC(C)c1cnc(Br)cc1Oc1cnc(N)nc1NNc1ccccc1. The van der Waals surface area contributed by atoms with E-state index in [4.69, 9.17) is 10.5 Å². The van der Waals surface area contributed by atoms with E-state index in [1.807, 2.05) is 36.4 Å². The van der Waals surface area contributed by atoms with Crippen molar-refractivity contribution in [3.63, 3.8) is 0 Å². The fourth-order valence-corrected chi connectivity index (χ4v) is 2.58. The summed E-state index contributed by atoms with van der Waals surface area (Å²) in [6.07, 6.45) is 3.33. The topological polar surface area (TPSA) is 98.0 Å². The summed E-state index contributed by atoms with van der Waals surface area (Å²) in [7, 11) is 0. The van der Waals surface area contributed by atoms with Gasteiger partial charge >= 0.3 is 0 Å². The van der Waals surface area contributed by atoms with E-state index in [-0.39, 0.29) is 11.9 Å². The molecular formula is C18H19BrN6O. The van der Waals surface area contributed by atoms with Crippen molar-refractivity contribution in [2.24, 2.45) is 0 Å². The Balaban J connectivity index is 1.88. The van der Waals surface area contributed by atoms with Gasteiger partial charge < -0.3 is 10.5 Å². The van der Waals surface area contributed by atoms with Crippen LogP contribution in [-0.4, -0.2) is 15.0 Å². The molecule has 0 radical (unpaired) electrons. The van der Waals surface area contributed by atoms with E-state index in [0.29, 0.717) is 21.9 Å². The van der Waals surface area contributed by atoms with Crippen LogP contribution in [0.15, 0.2) is 53.4 Å². The molecule has 0 bridgehead atoms. The Labute approximate surface area is 160 Å². The van der Waals surface area contributed by atoms with Crippen LogP contribution >= 0.6 is 15.9 Å². The molecule has 0 unspecified atom stereocenters. The number of nitrogens with two attached hydrogens (primary N) is 1. The Morgan fingerprint density at radius 3 is 2.54 bits per heavy atom. The minimum absolute atomic E-state index is 0.148. The van der Waals surface area contributed by atoms with Crippen LogP contribution in [0.25, 0.3) is 0 Å². The molecule has 26 heavy (non-hydrogen) atoms. The quantitative estimate of drug-likeness (QED) is 0.401. The normalized spacial score (nSPS) is 10.6. The molecule has 0 saturated heterocycles. The van der Waals surface area contributed by atoms with Crippen LogP contribution in [-0.2, 0) is 0 Å². The van der Waals surface area contributed by atoms with E-state index >= 15 is 0 Å². The highest BCUT2D eigenvalue weighted by atomic mass is 79.9. The molecule has 3 rings (SSSR count). The van der Waals surface area contributed by atoms with Crippen molar-refractivity contribution in [3.8, 4) is 11.5 Å². The highest BCUT2D eigenvalue weighted by Gasteiger charge is 2.14. The number of hydrogen-bond donors (Lipinski definition) is 3.